The zero-order chi connectivity index (χ0) is 14.5. The highest BCUT2D eigenvalue weighted by atomic mass is 19.1. The molecule has 0 bridgehead atoms. The molecule has 1 unspecified atom stereocenters. The zero-order valence-electron chi connectivity index (χ0n) is 11.7. The molecule has 2 N–H and O–H groups in total. The van der Waals surface area contributed by atoms with Crippen LogP contribution in [-0.2, 0) is 0 Å². The van der Waals surface area contributed by atoms with Crippen molar-refractivity contribution in [3.8, 4) is 0 Å². The lowest BCUT2D eigenvalue weighted by atomic mass is 9.83. The van der Waals surface area contributed by atoms with Crippen LogP contribution < -0.4 is 5.32 Å². The van der Waals surface area contributed by atoms with E-state index in [9.17, 15) is 9.18 Å². The summed E-state index contributed by atoms with van der Waals surface area (Å²) in [5.74, 6) is -0.963. The van der Waals surface area contributed by atoms with Gasteiger partial charge in [0.15, 0.2) is 0 Å². The Morgan fingerprint density at radius 3 is 2.80 bits per heavy atom. The Balaban J connectivity index is 2.16. The van der Waals surface area contributed by atoms with Crippen LogP contribution >= 0.6 is 0 Å². The van der Waals surface area contributed by atoms with E-state index in [1.54, 1.807) is 0 Å². The summed E-state index contributed by atoms with van der Waals surface area (Å²) >= 11 is 0. The van der Waals surface area contributed by atoms with Crippen LogP contribution in [0.1, 0.15) is 55.8 Å². The molecule has 0 aliphatic heterocycles. The predicted molar refractivity (Wildman–Crippen MR) is 75.4 cm³/mol. The second-order valence-corrected chi connectivity index (χ2v) is 5.41. The number of anilines is 1. The van der Waals surface area contributed by atoms with Gasteiger partial charge in [0.2, 0.25) is 0 Å². The second kappa shape index (κ2) is 6.68. The number of halogens is 1. The minimum Gasteiger partial charge on any atom is -0.478 e. The van der Waals surface area contributed by atoms with Gasteiger partial charge in [0.05, 0.1) is 6.20 Å². The number of nitrogens with one attached hydrogen (secondary N) is 1. The molecule has 1 aromatic rings. The molecule has 1 heterocycles. The standard InChI is InChI=1S/C15H21FN2O2/c1-2-13(10-6-4-3-5-7-10)18-14-12(15(19)20)8-11(16)9-17-14/h8-10,13H,2-7H2,1H3,(H,17,18)(H,19,20). The summed E-state index contributed by atoms with van der Waals surface area (Å²) < 4.78 is 13.1. The van der Waals surface area contributed by atoms with E-state index in [2.05, 4.69) is 17.2 Å². The number of aromatic nitrogens is 1. The third-order valence-corrected chi connectivity index (χ3v) is 4.07. The molecule has 1 fully saturated rings. The summed E-state index contributed by atoms with van der Waals surface area (Å²) in [7, 11) is 0. The lowest BCUT2D eigenvalue weighted by molar-refractivity contribution is 0.0697. The quantitative estimate of drug-likeness (QED) is 0.863. The monoisotopic (exact) mass is 280 g/mol. The van der Waals surface area contributed by atoms with Crippen LogP contribution in [0.3, 0.4) is 0 Å². The number of pyridine rings is 1. The van der Waals surface area contributed by atoms with Crippen LogP contribution in [0, 0.1) is 11.7 Å². The molecular formula is C15H21FN2O2. The van der Waals surface area contributed by atoms with E-state index in [4.69, 9.17) is 5.11 Å². The van der Waals surface area contributed by atoms with E-state index in [-0.39, 0.29) is 17.4 Å². The third kappa shape index (κ3) is 3.46. The molecule has 1 aromatic heterocycles. The number of hydrogen-bond donors (Lipinski definition) is 2. The van der Waals surface area contributed by atoms with Crippen LogP contribution in [0.4, 0.5) is 10.2 Å². The van der Waals surface area contributed by atoms with Crippen molar-refractivity contribution in [2.24, 2.45) is 5.92 Å². The topological polar surface area (TPSA) is 62.2 Å². The largest absolute Gasteiger partial charge is 0.478 e. The molecule has 0 amide bonds. The van der Waals surface area contributed by atoms with Crippen molar-refractivity contribution in [1.82, 2.24) is 4.98 Å². The summed E-state index contributed by atoms with van der Waals surface area (Å²) in [5, 5.41) is 12.4. The van der Waals surface area contributed by atoms with Crippen LogP contribution in [-0.4, -0.2) is 22.1 Å². The third-order valence-electron chi connectivity index (χ3n) is 4.07. The second-order valence-electron chi connectivity index (χ2n) is 5.41. The highest BCUT2D eigenvalue weighted by Gasteiger charge is 2.24. The molecule has 0 aromatic carbocycles. The fourth-order valence-corrected chi connectivity index (χ4v) is 2.98. The van der Waals surface area contributed by atoms with Gasteiger partial charge in [0.25, 0.3) is 0 Å². The smallest absolute Gasteiger partial charge is 0.339 e. The average molecular weight is 280 g/mol. The van der Waals surface area contributed by atoms with E-state index < -0.39 is 11.8 Å². The number of nitrogens with zero attached hydrogens (tertiary/aromatic N) is 1. The van der Waals surface area contributed by atoms with Gasteiger partial charge in [-0.05, 0) is 31.2 Å². The minimum absolute atomic E-state index is 0.0979. The lowest BCUT2D eigenvalue weighted by Crippen LogP contribution is -2.31. The van der Waals surface area contributed by atoms with Gasteiger partial charge in [-0.25, -0.2) is 14.2 Å². The SMILES string of the molecule is CCC(Nc1ncc(F)cc1C(=O)O)C1CCCCC1. The van der Waals surface area contributed by atoms with Gasteiger partial charge in [0, 0.05) is 6.04 Å². The Kier molecular flexibility index (Phi) is 4.93. The molecule has 1 atom stereocenters. The number of carboxylic acids is 1. The lowest BCUT2D eigenvalue weighted by Gasteiger charge is -2.31. The number of hydrogen-bond acceptors (Lipinski definition) is 3. The van der Waals surface area contributed by atoms with E-state index in [0.29, 0.717) is 5.92 Å². The highest BCUT2D eigenvalue weighted by molar-refractivity contribution is 5.93. The van der Waals surface area contributed by atoms with E-state index in [1.807, 2.05) is 0 Å². The molecular weight excluding hydrogens is 259 g/mol. The summed E-state index contributed by atoms with van der Waals surface area (Å²) in [4.78, 5) is 15.1. The molecule has 20 heavy (non-hydrogen) atoms. The van der Waals surface area contributed by atoms with Crippen molar-refractivity contribution >= 4 is 11.8 Å². The first-order chi connectivity index (χ1) is 9.61. The maximum Gasteiger partial charge on any atom is 0.339 e. The van der Waals surface area contributed by atoms with E-state index in [0.717, 1.165) is 31.5 Å². The van der Waals surface area contributed by atoms with Crippen molar-refractivity contribution < 1.29 is 14.3 Å². The van der Waals surface area contributed by atoms with Crippen molar-refractivity contribution in [2.75, 3.05) is 5.32 Å². The molecule has 2 rings (SSSR count). The van der Waals surface area contributed by atoms with Crippen molar-refractivity contribution in [3.63, 3.8) is 0 Å². The fourth-order valence-electron chi connectivity index (χ4n) is 2.98. The van der Waals surface area contributed by atoms with Gasteiger partial charge in [-0.15, -0.1) is 0 Å². The van der Waals surface area contributed by atoms with Gasteiger partial charge >= 0.3 is 5.97 Å². The maximum atomic E-state index is 13.1. The number of rotatable bonds is 5. The molecule has 0 spiro atoms. The molecule has 0 saturated heterocycles. The number of carboxylic acid groups (broad SMARTS) is 1. The molecule has 1 aliphatic rings. The molecule has 1 saturated carbocycles. The fraction of sp³-hybridized carbons (Fsp3) is 0.600. The first-order valence-electron chi connectivity index (χ1n) is 7.27. The Labute approximate surface area is 118 Å². The Morgan fingerprint density at radius 1 is 1.50 bits per heavy atom. The summed E-state index contributed by atoms with van der Waals surface area (Å²) in [5.41, 5.74) is -0.0979. The van der Waals surface area contributed by atoms with Gasteiger partial charge in [-0.1, -0.05) is 26.2 Å². The van der Waals surface area contributed by atoms with Gasteiger partial charge in [0.1, 0.15) is 17.2 Å². The normalized spacial score (nSPS) is 17.7. The number of aromatic carboxylic acids is 1. The van der Waals surface area contributed by atoms with Crippen LogP contribution in [0.25, 0.3) is 0 Å². The van der Waals surface area contributed by atoms with Crippen LogP contribution in [0.5, 0.6) is 0 Å². The number of carbonyl (C=O) groups is 1. The van der Waals surface area contributed by atoms with Crippen molar-refractivity contribution in [1.29, 1.82) is 0 Å². The summed E-state index contributed by atoms with van der Waals surface area (Å²) in [6.07, 6.45) is 8.02. The molecule has 0 radical (unpaired) electrons. The first kappa shape index (κ1) is 14.8. The Hall–Kier alpha value is -1.65. The van der Waals surface area contributed by atoms with Gasteiger partial charge < -0.3 is 10.4 Å². The van der Waals surface area contributed by atoms with Gasteiger partial charge in [-0.3, -0.25) is 0 Å². The van der Waals surface area contributed by atoms with E-state index in [1.165, 1.54) is 19.3 Å². The molecule has 1 aliphatic carbocycles. The molecule has 110 valence electrons. The van der Waals surface area contributed by atoms with Crippen molar-refractivity contribution in [3.05, 3.63) is 23.6 Å². The zero-order valence-corrected chi connectivity index (χ0v) is 11.7. The Bertz CT molecular complexity index is 473. The summed E-state index contributed by atoms with van der Waals surface area (Å²) in [6.45, 7) is 2.08. The minimum atomic E-state index is -1.15. The van der Waals surface area contributed by atoms with Crippen LogP contribution in [0.2, 0.25) is 0 Å². The maximum absolute atomic E-state index is 13.1. The van der Waals surface area contributed by atoms with Crippen LogP contribution in [0.15, 0.2) is 12.3 Å². The first-order valence-corrected chi connectivity index (χ1v) is 7.27. The molecule has 5 heteroatoms. The molecule has 4 nitrogen and oxygen atoms in total. The summed E-state index contributed by atoms with van der Waals surface area (Å²) in [6, 6.07) is 1.22. The van der Waals surface area contributed by atoms with Gasteiger partial charge in [-0.2, -0.15) is 0 Å². The highest BCUT2D eigenvalue weighted by Crippen LogP contribution is 2.30. The van der Waals surface area contributed by atoms with E-state index >= 15 is 0 Å². The Morgan fingerprint density at radius 2 is 2.20 bits per heavy atom. The predicted octanol–water partition coefficient (Wildman–Crippen LogP) is 3.69. The average Bonchev–Trinajstić information content (AvgIpc) is 2.46. The van der Waals surface area contributed by atoms with Crippen molar-refractivity contribution in [2.45, 2.75) is 51.5 Å².